The van der Waals surface area contributed by atoms with Gasteiger partial charge in [-0.2, -0.15) is 4.31 Å². The molecule has 10 heteroatoms. The van der Waals surface area contributed by atoms with Crippen molar-refractivity contribution in [2.24, 2.45) is 0 Å². The minimum Gasteiger partial charge on any atom is -0.347 e. The topological polar surface area (TPSA) is 81.2 Å². The van der Waals surface area contributed by atoms with E-state index in [4.69, 9.17) is 0 Å². The maximum absolute atomic E-state index is 13.9. The number of carbonyl (C=O) groups excluding carboxylic acids is 2. The summed E-state index contributed by atoms with van der Waals surface area (Å²) >= 11 is 0. The molecule has 0 saturated carbocycles. The number of piperazine rings is 1. The van der Waals surface area contributed by atoms with Gasteiger partial charge < -0.3 is 9.80 Å². The van der Waals surface area contributed by atoms with E-state index < -0.39 is 15.8 Å². The van der Waals surface area contributed by atoms with E-state index in [0.717, 1.165) is 18.9 Å². The molecule has 1 unspecified atom stereocenters. The molecule has 2 heterocycles. The minimum atomic E-state index is -3.93. The summed E-state index contributed by atoms with van der Waals surface area (Å²) in [5, 5.41) is 0. The fourth-order valence-corrected chi connectivity index (χ4v) is 5.32. The quantitative estimate of drug-likeness (QED) is 0.673. The van der Waals surface area contributed by atoms with E-state index >= 15 is 0 Å². The zero-order valence-electron chi connectivity index (χ0n) is 16.8. The second-order valence-electron chi connectivity index (χ2n) is 7.58. The van der Waals surface area contributed by atoms with Crippen LogP contribution in [0.2, 0.25) is 0 Å². The van der Waals surface area contributed by atoms with E-state index in [1.165, 1.54) is 22.5 Å². The van der Waals surface area contributed by atoms with Crippen molar-refractivity contribution in [1.29, 1.82) is 0 Å². The van der Waals surface area contributed by atoms with Crippen molar-refractivity contribution < 1.29 is 22.4 Å². The lowest BCUT2D eigenvalue weighted by Gasteiger charge is -2.35. The molecule has 2 saturated heterocycles. The number of amides is 2. The van der Waals surface area contributed by atoms with Gasteiger partial charge in [0.2, 0.25) is 21.8 Å². The van der Waals surface area contributed by atoms with Gasteiger partial charge in [-0.25, -0.2) is 12.8 Å². The van der Waals surface area contributed by atoms with E-state index in [2.05, 4.69) is 0 Å². The third-order valence-corrected chi connectivity index (χ3v) is 7.41. The first kappa shape index (κ1) is 21.7. The van der Waals surface area contributed by atoms with Gasteiger partial charge in [-0.3, -0.25) is 14.5 Å². The Balaban J connectivity index is 1.59. The van der Waals surface area contributed by atoms with Gasteiger partial charge in [-0.1, -0.05) is 12.1 Å². The summed E-state index contributed by atoms with van der Waals surface area (Å²) in [6.45, 7) is 1.55. The molecule has 0 aliphatic carbocycles. The van der Waals surface area contributed by atoms with Gasteiger partial charge in [0.05, 0.1) is 12.6 Å². The molecular weight excluding hydrogens is 399 g/mol. The van der Waals surface area contributed by atoms with Gasteiger partial charge in [-0.15, -0.1) is 0 Å². The highest BCUT2D eigenvalue weighted by atomic mass is 32.2. The number of hydrogen-bond donors (Lipinski definition) is 0. The molecule has 8 nitrogen and oxygen atoms in total. The molecule has 0 aromatic heterocycles. The molecule has 0 radical (unpaired) electrons. The number of hydrogen-bond acceptors (Lipinski definition) is 5. The number of halogens is 1. The number of sulfonamides is 1. The Hall–Kier alpha value is -2.04. The van der Waals surface area contributed by atoms with Crippen molar-refractivity contribution in [3.05, 3.63) is 30.1 Å². The van der Waals surface area contributed by atoms with Crippen LogP contribution in [-0.2, 0) is 19.6 Å². The molecule has 0 N–H and O–H groups in total. The number of carbonyl (C=O) groups is 2. The molecule has 2 aliphatic rings. The zero-order chi connectivity index (χ0) is 21.2. The van der Waals surface area contributed by atoms with Gasteiger partial charge in [0.1, 0.15) is 10.7 Å². The maximum atomic E-state index is 13.9. The van der Waals surface area contributed by atoms with E-state index in [-0.39, 0.29) is 55.5 Å². The summed E-state index contributed by atoms with van der Waals surface area (Å²) in [5.41, 5.74) is 0. The highest BCUT2D eigenvalue weighted by Gasteiger charge is 2.35. The Morgan fingerprint density at radius 1 is 1.10 bits per heavy atom. The normalized spacial score (nSPS) is 21.3. The Labute approximate surface area is 170 Å². The van der Waals surface area contributed by atoms with Crippen LogP contribution in [0.1, 0.15) is 12.8 Å². The predicted octanol–water partition coefficient (Wildman–Crippen LogP) is 0.211. The lowest BCUT2D eigenvalue weighted by molar-refractivity contribution is -0.137. The van der Waals surface area contributed by atoms with Crippen LogP contribution in [-0.4, -0.2) is 98.6 Å². The van der Waals surface area contributed by atoms with Gasteiger partial charge in [0.15, 0.2) is 0 Å². The number of likely N-dealkylation sites (N-methyl/N-ethyl adjacent to an activating group) is 1. The van der Waals surface area contributed by atoms with Crippen molar-refractivity contribution in [2.45, 2.75) is 23.8 Å². The highest BCUT2D eigenvalue weighted by Crippen LogP contribution is 2.22. The SMILES string of the molecule is CN(C)C(=O)C1CCCN1CC(=O)N1CCN(S(=O)(=O)c2ccccc2F)CC1. The molecule has 1 atom stereocenters. The molecule has 0 spiro atoms. The van der Waals surface area contributed by atoms with Gasteiger partial charge in [0.25, 0.3) is 0 Å². The van der Waals surface area contributed by atoms with Crippen LogP contribution in [0.15, 0.2) is 29.2 Å². The number of likely N-dealkylation sites (tertiary alicyclic amines) is 1. The third-order valence-electron chi connectivity index (χ3n) is 5.47. The van der Waals surface area contributed by atoms with E-state index in [0.29, 0.717) is 6.54 Å². The molecule has 3 rings (SSSR count). The van der Waals surface area contributed by atoms with Crippen LogP contribution in [0.5, 0.6) is 0 Å². The minimum absolute atomic E-state index is 0.00361. The predicted molar refractivity (Wildman–Crippen MR) is 105 cm³/mol. The first-order valence-corrected chi connectivity index (χ1v) is 11.1. The summed E-state index contributed by atoms with van der Waals surface area (Å²) in [7, 11) is -0.525. The molecule has 2 fully saturated rings. The average molecular weight is 427 g/mol. The number of nitrogens with zero attached hydrogens (tertiary/aromatic N) is 4. The second kappa shape index (κ2) is 8.76. The molecule has 0 bridgehead atoms. The first-order valence-electron chi connectivity index (χ1n) is 9.69. The molecule has 29 heavy (non-hydrogen) atoms. The lowest BCUT2D eigenvalue weighted by Crippen LogP contribution is -2.53. The Morgan fingerprint density at radius 3 is 2.38 bits per heavy atom. The van der Waals surface area contributed by atoms with Crippen LogP contribution in [0.25, 0.3) is 0 Å². The Bertz CT molecular complexity index is 869. The maximum Gasteiger partial charge on any atom is 0.246 e. The molecule has 2 aliphatic heterocycles. The molecule has 1 aromatic carbocycles. The van der Waals surface area contributed by atoms with Crippen LogP contribution in [0, 0.1) is 5.82 Å². The lowest BCUT2D eigenvalue weighted by atomic mass is 10.2. The second-order valence-corrected chi connectivity index (χ2v) is 9.48. The molecule has 1 aromatic rings. The summed E-state index contributed by atoms with van der Waals surface area (Å²) in [4.78, 5) is 29.7. The Morgan fingerprint density at radius 2 is 1.76 bits per heavy atom. The Kier molecular flexibility index (Phi) is 6.55. The summed E-state index contributed by atoms with van der Waals surface area (Å²) < 4.78 is 40.5. The van der Waals surface area contributed by atoms with Crippen molar-refractivity contribution in [3.63, 3.8) is 0 Å². The van der Waals surface area contributed by atoms with Gasteiger partial charge in [-0.05, 0) is 31.5 Å². The summed E-state index contributed by atoms with van der Waals surface area (Å²) in [6, 6.07) is 5.01. The van der Waals surface area contributed by atoms with E-state index in [9.17, 15) is 22.4 Å². The molecular formula is C19H27FN4O4S. The fourth-order valence-electron chi connectivity index (χ4n) is 3.84. The summed E-state index contributed by atoms with van der Waals surface area (Å²) in [6.07, 6.45) is 1.60. The van der Waals surface area contributed by atoms with Crippen molar-refractivity contribution in [2.75, 3.05) is 53.4 Å². The molecule has 160 valence electrons. The van der Waals surface area contributed by atoms with Crippen molar-refractivity contribution >= 4 is 21.8 Å². The van der Waals surface area contributed by atoms with Gasteiger partial charge >= 0.3 is 0 Å². The van der Waals surface area contributed by atoms with E-state index in [1.54, 1.807) is 23.9 Å². The first-order chi connectivity index (χ1) is 13.7. The summed E-state index contributed by atoms with van der Waals surface area (Å²) in [5.74, 6) is -0.904. The largest absolute Gasteiger partial charge is 0.347 e. The van der Waals surface area contributed by atoms with Crippen molar-refractivity contribution in [3.8, 4) is 0 Å². The number of rotatable bonds is 5. The van der Waals surface area contributed by atoms with Crippen molar-refractivity contribution in [1.82, 2.24) is 19.0 Å². The zero-order valence-corrected chi connectivity index (χ0v) is 17.6. The monoisotopic (exact) mass is 426 g/mol. The van der Waals surface area contributed by atoms with Crippen LogP contribution >= 0.6 is 0 Å². The fraction of sp³-hybridized carbons (Fsp3) is 0.579. The third kappa shape index (κ3) is 4.59. The van der Waals surface area contributed by atoms with Crippen LogP contribution < -0.4 is 0 Å². The standard InChI is InChI=1S/C19H27FN4O4S/c1-21(2)19(26)16-7-5-9-23(16)14-18(25)22-10-12-24(13-11-22)29(27,28)17-8-4-3-6-15(17)20/h3-4,6,8,16H,5,7,9-14H2,1-2H3. The highest BCUT2D eigenvalue weighted by molar-refractivity contribution is 7.89. The van der Waals surface area contributed by atoms with E-state index in [1.807, 2.05) is 4.90 Å². The smallest absolute Gasteiger partial charge is 0.246 e. The number of benzene rings is 1. The van der Waals surface area contributed by atoms with Crippen LogP contribution in [0.4, 0.5) is 4.39 Å². The van der Waals surface area contributed by atoms with Crippen LogP contribution in [0.3, 0.4) is 0 Å². The average Bonchev–Trinajstić information content (AvgIpc) is 3.15. The molecule has 2 amide bonds. The van der Waals surface area contributed by atoms with Gasteiger partial charge in [0, 0.05) is 40.3 Å².